The molecule has 1 aromatic rings. The van der Waals surface area contributed by atoms with Crippen molar-refractivity contribution in [2.45, 2.75) is 13.8 Å². The molecule has 0 spiro atoms. The van der Waals surface area contributed by atoms with Crippen LogP contribution < -0.4 is 10.2 Å². The third-order valence-corrected chi connectivity index (χ3v) is 2.63. The predicted molar refractivity (Wildman–Crippen MR) is 60.0 cm³/mol. The van der Waals surface area contributed by atoms with Gasteiger partial charge in [0.15, 0.2) is 0 Å². The number of hydrogen-bond donors (Lipinski definition) is 0. The van der Waals surface area contributed by atoms with E-state index in [2.05, 4.69) is 42.3 Å². The van der Waals surface area contributed by atoms with Crippen LogP contribution in [0.15, 0.2) is 18.2 Å². The van der Waals surface area contributed by atoms with E-state index in [-0.39, 0.29) is 0 Å². The highest BCUT2D eigenvalue weighted by Gasteiger charge is 2.11. The van der Waals surface area contributed by atoms with Crippen LogP contribution in [0.25, 0.3) is 0 Å². The number of rotatable bonds is 1. The number of anilines is 1. The molecule has 0 bridgehead atoms. The van der Waals surface area contributed by atoms with E-state index < -0.39 is 0 Å². The molecule has 1 aliphatic rings. The molecule has 2 rings (SSSR count). The molecule has 1 fully saturated rings. The predicted octanol–water partition coefficient (Wildman–Crippen LogP) is 1.73. The van der Waals surface area contributed by atoms with Gasteiger partial charge < -0.3 is 4.90 Å². The van der Waals surface area contributed by atoms with Crippen molar-refractivity contribution in [1.29, 1.82) is 0 Å². The second kappa shape index (κ2) is 4.01. The van der Waals surface area contributed by atoms with Gasteiger partial charge in [0, 0.05) is 31.9 Å². The van der Waals surface area contributed by atoms with Crippen molar-refractivity contribution in [1.82, 2.24) is 5.32 Å². The molecule has 0 amide bonds. The lowest BCUT2D eigenvalue weighted by Crippen LogP contribution is -2.40. The first-order valence-corrected chi connectivity index (χ1v) is 5.22. The molecule has 75 valence electrons. The van der Waals surface area contributed by atoms with Crippen LogP contribution in [-0.2, 0) is 0 Å². The third kappa shape index (κ3) is 2.07. The fourth-order valence-corrected chi connectivity index (χ4v) is 2.00. The number of piperazine rings is 1. The van der Waals surface area contributed by atoms with Crippen molar-refractivity contribution in [3.05, 3.63) is 29.3 Å². The normalized spacial score (nSPS) is 17.1. The molecule has 1 saturated heterocycles. The van der Waals surface area contributed by atoms with E-state index in [1.807, 2.05) is 0 Å². The van der Waals surface area contributed by atoms with Crippen LogP contribution in [-0.4, -0.2) is 26.2 Å². The summed E-state index contributed by atoms with van der Waals surface area (Å²) in [5.41, 5.74) is 4.06. The van der Waals surface area contributed by atoms with Gasteiger partial charge in [-0.15, -0.1) is 0 Å². The van der Waals surface area contributed by atoms with Gasteiger partial charge in [-0.2, -0.15) is 0 Å². The molecule has 1 aromatic carbocycles. The SMILES string of the molecule is Cc1cc(C)cc(N2CC[N]CC2)c1. The van der Waals surface area contributed by atoms with Crippen LogP contribution in [0.4, 0.5) is 5.69 Å². The zero-order chi connectivity index (χ0) is 9.97. The molecule has 0 unspecified atom stereocenters. The maximum Gasteiger partial charge on any atom is 0.0372 e. The molecule has 1 heterocycles. The molecule has 0 saturated carbocycles. The Kier molecular flexibility index (Phi) is 2.73. The van der Waals surface area contributed by atoms with Crippen molar-refractivity contribution in [2.75, 3.05) is 31.1 Å². The topological polar surface area (TPSA) is 17.3 Å². The molecule has 0 atom stereocenters. The highest BCUT2D eigenvalue weighted by molar-refractivity contribution is 5.51. The second-order valence-electron chi connectivity index (χ2n) is 4.00. The van der Waals surface area contributed by atoms with Crippen molar-refractivity contribution in [3.8, 4) is 0 Å². The van der Waals surface area contributed by atoms with Crippen LogP contribution in [0.5, 0.6) is 0 Å². The van der Waals surface area contributed by atoms with E-state index in [1.165, 1.54) is 16.8 Å². The van der Waals surface area contributed by atoms with E-state index in [9.17, 15) is 0 Å². The highest BCUT2D eigenvalue weighted by atomic mass is 15.2. The highest BCUT2D eigenvalue weighted by Crippen LogP contribution is 2.18. The van der Waals surface area contributed by atoms with E-state index in [1.54, 1.807) is 0 Å². The van der Waals surface area contributed by atoms with Crippen LogP contribution in [0.2, 0.25) is 0 Å². The standard InChI is InChI=1S/C12H17N2/c1-10-7-11(2)9-12(8-10)14-5-3-13-4-6-14/h7-9H,3-6H2,1-2H3. The zero-order valence-corrected chi connectivity index (χ0v) is 8.95. The van der Waals surface area contributed by atoms with Gasteiger partial charge in [0.25, 0.3) is 0 Å². The maximum absolute atomic E-state index is 4.36. The number of hydrogen-bond acceptors (Lipinski definition) is 1. The lowest BCUT2D eigenvalue weighted by molar-refractivity contribution is 0.579. The fraction of sp³-hybridized carbons (Fsp3) is 0.500. The first-order chi connectivity index (χ1) is 6.75. The van der Waals surface area contributed by atoms with Crippen molar-refractivity contribution in [3.63, 3.8) is 0 Å². The zero-order valence-electron chi connectivity index (χ0n) is 8.95. The Bertz CT molecular complexity index is 294. The molecular formula is C12H17N2. The quantitative estimate of drug-likeness (QED) is 0.657. The lowest BCUT2D eigenvalue weighted by atomic mass is 10.1. The van der Waals surface area contributed by atoms with Crippen LogP contribution >= 0.6 is 0 Å². The van der Waals surface area contributed by atoms with Gasteiger partial charge >= 0.3 is 0 Å². The monoisotopic (exact) mass is 189 g/mol. The molecule has 2 heteroatoms. The Labute approximate surface area is 85.9 Å². The van der Waals surface area contributed by atoms with Crippen LogP contribution in [0.1, 0.15) is 11.1 Å². The van der Waals surface area contributed by atoms with Gasteiger partial charge in [0.2, 0.25) is 0 Å². The number of nitrogens with zero attached hydrogens (tertiary/aromatic N) is 2. The van der Waals surface area contributed by atoms with E-state index >= 15 is 0 Å². The molecule has 14 heavy (non-hydrogen) atoms. The van der Waals surface area contributed by atoms with Gasteiger partial charge in [-0.1, -0.05) is 6.07 Å². The minimum atomic E-state index is 0.979. The number of aryl methyl sites for hydroxylation is 2. The van der Waals surface area contributed by atoms with Gasteiger partial charge in [-0.05, 0) is 37.1 Å². The average molecular weight is 189 g/mol. The summed E-state index contributed by atoms with van der Waals surface area (Å²) in [6.07, 6.45) is 0. The minimum absolute atomic E-state index is 0.979. The molecular weight excluding hydrogens is 172 g/mol. The van der Waals surface area contributed by atoms with Crippen LogP contribution in [0.3, 0.4) is 0 Å². The molecule has 1 radical (unpaired) electrons. The molecule has 0 aromatic heterocycles. The summed E-state index contributed by atoms with van der Waals surface area (Å²) in [4.78, 5) is 2.42. The van der Waals surface area contributed by atoms with E-state index in [0.717, 1.165) is 26.2 Å². The van der Waals surface area contributed by atoms with E-state index in [0.29, 0.717) is 0 Å². The molecule has 1 aliphatic heterocycles. The van der Waals surface area contributed by atoms with Crippen molar-refractivity contribution < 1.29 is 0 Å². The summed E-state index contributed by atoms with van der Waals surface area (Å²) >= 11 is 0. The summed E-state index contributed by atoms with van der Waals surface area (Å²) in [5, 5.41) is 4.36. The third-order valence-electron chi connectivity index (χ3n) is 2.63. The van der Waals surface area contributed by atoms with Crippen molar-refractivity contribution in [2.24, 2.45) is 0 Å². The Morgan fingerprint density at radius 1 is 1.00 bits per heavy atom. The van der Waals surface area contributed by atoms with Crippen molar-refractivity contribution >= 4 is 5.69 Å². The Hall–Kier alpha value is -1.02. The van der Waals surface area contributed by atoms with E-state index in [4.69, 9.17) is 0 Å². The summed E-state index contributed by atoms with van der Waals surface area (Å²) in [6.45, 7) is 8.42. The molecule has 2 nitrogen and oxygen atoms in total. The summed E-state index contributed by atoms with van der Waals surface area (Å²) in [7, 11) is 0. The van der Waals surface area contributed by atoms with Gasteiger partial charge in [-0.3, -0.25) is 0 Å². The Balaban J connectivity index is 2.21. The molecule has 0 aliphatic carbocycles. The maximum atomic E-state index is 4.36. The first kappa shape index (κ1) is 9.53. The smallest absolute Gasteiger partial charge is 0.0372 e. The first-order valence-electron chi connectivity index (χ1n) is 5.22. The average Bonchev–Trinajstić information content (AvgIpc) is 2.18. The van der Waals surface area contributed by atoms with Gasteiger partial charge in [-0.25, -0.2) is 5.32 Å². The fourth-order valence-electron chi connectivity index (χ4n) is 2.00. The summed E-state index contributed by atoms with van der Waals surface area (Å²) in [6, 6.07) is 6.74. The minimum Gasteiger partial charge on any atom is -0.369 e. The van der Waals surface area contributed by atoms with Gasteiger partial charge in [0.05, 0.1) is 0 Å². The lowest BCUT2D eigenvalue weighted by Gasteiger charge is -2.29. The Morgan fingerprint density at radius 3 is 2.14 bits per heavy atom. The summed E-state index contributed by atoms with van der Waals surface area (Å²) in [5.74, 6) is 0. The van der Waals surface area contributed by atoms with Crippen LogP contribution in [0, 0.1) is 13.8 Å². The molecule has 0 N–H and O–H groups in total. The second-order valence-corrected chi connectivity index (χ2v) is 4.00. The Morgan fingerprint density at radius 2 is 1.57 bits per heavy atom. The number of benzene rings is 1. The summed E-state index contributed by atoms with van der Waals surface area (Å²) < 4.78 is 0. The largest absolute Gasteiger partial charge is 0.369 e. The van der Waals surface area contributed by atoms with Gasteiger partial charge in [0.1, 0.15) is 0 Å².